The molecule has 3 atom stereocenters. The van der Waals surface area contributed by atoms with E-state index in [1.54, 1.807) is 11.8 Å². The number of carbonyl (C=O) groups is 2. The van der Waals surface area contributed by atoms with E-state index < -0.39 is 17.6 Å². The molecule has 4 aromatic rings. The van der Waals surface area contributed by atoms with Crippen LogP contribution in [0.3, 0.4) is 0 Å². The van der Waals surface area contributed by atoms with Gasteiger partial charge in [0, 0.05) is 24.8 Å². The van der Waals surface area contributed by atoms with E-state index in [0.717, 1.165) is 56.6 Å². The molecule has 1 aliphatic carbocycles. The molecule has 0 spiro atoms. The Morgan fingerprint density at radius 3 is 2.63 bits per heavy atom. The van der Waals surface area contributed by atoms with E-state index in [4.69, 9.17) is 14.2 Å². The van der Waals surface area contributed by atoms with Crippen molar-refractivity contribution in [3.05, 3.63) is 112 Å². The van der Waals surface area contributed by atoms with Crippen LogP contribution in [0.5, 0.6) is 5.75 Å². The number of hydrogen-bond acceptors (Lipinski definition) is 7. The number of methoxy groups -OCH3 is 1. The lowest BCUT2D eigenvalue weighted by Gasteiger charge is -2.36. The lowest BCUT2D eigenvalue weighted by molar-refractivity contribution is -0.130. The Morgan fingerprint density at radius 2 is 1.89 bits per heavy atom. The summed E-state index contributed by atoms with van der Waals surface area (Å²) in [6.45, 7) is 7.19. The van der Waals surface area contributed by atoms with Crippen LogP contribution in [-0.4, -0.2) is 51.7 Å². The fourth-order valence-electron chi connectivity index (χ4n) is 6.54. The van der Waals surface area contributed by atoms with E-state index in [2.05, 4.69) is 60.6 Å². The number of ether oxygens (including phenoxy) is 3. The molecular weight excluding hydrogens is 580 g/mol. The minimum Gasteiger partial charge on any atom is -0.497 e. The average Bonchev–Trinajstić information content (AvgIpc) is 3.65. The summed E-state index contributed by atoms with van der Waals surface area (Å²) in [7, 11) is 3.51. The highest BCUT2D eigenvalue weighted by molar-refractivity contribution is 5.94. The molecule has 0 bridgehead atoms. The Bertz CT molecular complexity index is 1830. The molecule has 6 rings (SSSR count). The summed E-state index contributed by atoms with van der Waals surface area (Å²) < 4.78 is 18.6. The zero-order valence-electron chi connectivity index (χ0n) is 27.0. The van der Waals surface area contributed by atoms with Crippen LogP contribution in [0.15, 0.2) is 78.9 Å². The van der Waals surface area contributed by atoms with Crippen molar-refractivity contribution in [2.45, 2.75) is 58.8 Å². The van der Waals surface area contributed by atoms with Gasteiger partial charge in [0.15, 0.2) is 0 Å². The molecule has 1 aliphatic heterocycles. The Labute approximate surface area is 269 Å². The first-order valence-corrected chi connectivity index (χ1v) is 15.6. The SMILES string of the molecule is COc1ccc(COCc2cc([C@@H](CC(=O)N3C(=O)OC[C@@H]3C3(C)C=CC=CC3)c3ccc4c(nnn4C)c3C)ccc2C)cc1. The number of amides is 2. The number of fused-ring (bicyclic) bond motifs is 1. The molecule has 2 amide bonds. The van der Waals surface area contributed by atoms with Crippen molar-refractivity contribution >= 4 is 23.0 Å². The van der Waals surface area contributed by atoms with E-state index >= 15 is 0 Å². The fraction of sp³-hybridized carbons (Fsp3) is 0.351. The summed E-state index contributed by atoms with van der Waals surface area (Å²) in [4.78, 5) is 28.7. The summed E-state index contributed by atoms with van der Waals surface area (Å²) >= 11 is 0. The zero-order chi connectivity index (χ0) is 32.4. The lowest BCUT2D eigenvalue weighted by atomic mass is 9.76. The number of carbonyl (C=O) groups excluding carboxylic acids is 2. The van der Waals surface area contributed by atoms with E-state index in [1.165, 1.54) is 4.90 Å². The number of rotatable bonds is 10. The minimum absolute atomic E-state index is 0.0864. The monoisotopic (exact) mass is 620 g/mol. The van der Waals surface area contributed by atoms with Gasteiger partial charge in [-0.3, -0.25) is 4.79 Å². The predicted molar refractivity (Wildman–Crippen MR) is 175 cm³/mol. The third kappa shape index (κ3) is 6.07. The third-order valence-corrected chi connectivity index (χ3v) is 9.48. The molecular formula is C37H40N4O5. The molecule has 0 radical (unpaired) electrons. The number of cyclic esters (lactones) is 1. The number of nitrogens with zero attached hydrogens (tertiary/aromatic N) is 4. The van der Waals surface area contributed by atoms with Crippen LogP contribution in [0.2, 0.25) is 0 Å². The van der Waals surface area contributed by atoms with Gasteiger partial charge in [0.05, 0.1) is 31.9 Å². The maximum Gasteiger partial charge on any atom is 0.417 e. The molecule has 1 saturated heterocycles. The second kappa shape index (κ2) is 12.9. The number of allylic oxidation sites excluding steroid dienone is 3. The Kier molecular flexibility index (Phi) is 8.77. The molecule has 238 valence electrons. The Balaban J connectivity index is 1.32. The number of aryl methyl sites for hydroxylation is 3. The van der Waals surface area contributed by atoms with E-state index in [0.29, 0.717) is 13.2 Å². The van der Waals surface area contributed by atoms with Crippen LogP contribution < -0.4 is 4.74 Å². The summed E-state index contributed by atoms with van der Waals surface area (Å²) in [5.74, 6) is 0.194. The highest BCUT2D eigenvalue weighted by atomic mass is 16.6. The minimum atomic E-state index is -0.587. The van der Waals surface area contributed by atoms with E-state index in [9.17, 15) is 9.59 Å². The van der Waals surface area contributed by atoms with Crippen LogP contribution in [0.4, 0.5) is 4.79 Å². The highest BCUT2D eigenvalue weighted by Gasteiger charge is 2.47. The van der Waals surface area contributed by atoms with Crippen molar-refractivity contribution in [1.82, 2.24) is 19.9 Å². The largest absolute Gasteiger partial charge is 0.497 e. The van der Waals surface area contributed by atoms with Crippen molar-refractivity contribution in [2.24, 2.45) is 12.5 Å². The number of imide groups is 1. The normalized spacial score (nSPS) is 19.9. The second-order valence-electron chi connectivity index (χ2n) is 12.5. The lowest BCUT2D eigenvalue weighted by Crippen LogP contribution is -2.48. The maximum absolute atomic E-state index is 14.2. The van der Waals surface area contributed by atoms with E-state index in [1.807, 2.05) is 56.5 Å². The van der Waals surface area contributed by atoms with E-state index in [-0.39, 0.29) is 24.9 Å². The molecule has 1 aromatic heterocycles. The van der Waals surface area contributed by atoms with Gasteiger partial charge in [-0.05, 0) is 71.8 Å². The molecule has 2 aliphatic rings. The van der Waals surface area contributed by atoms with Crippen LogP contribution in [-0.2, 0) is 34.5 Å². The zero-order valence-corrected chi connectivity index (χ0v) is 27.0. The molecule has 3 aromatic carbocycles. The van der Waals surface area contributed by atoms with Gasteiger partial charge in [-0.25, -0.2) is 14.4 Å². The standard InChI is InChI=1S/C37H40N4O5/c1-24-9-12-27(19-28(24)22-45-21-26-10-13-29(44-5)14-11-26)31(30-15-16-32-35(25(30)2)38-39-40(32)4)20-34(42)41-33(23-46-36(41)43)37(3)17-7-6-8-18-37/h6-17,19,31,33H,18,20-23H2,1-5H3/t31-,33-,37?/m1/s1. The van der Waals surface area contributed by atoms with Crippen LogP contribution in [0.1, 0.15) is 59.1 Å². The molecule has 0 N–H and O–H groups in total. The van der Waals surface area contributed by atoms with Crippen molar-refractivity contribution < 1.29 is 23.8 Å². The average molecular weight is 621 g/mol. The van der Waals surface area contributed by atoms with Gasteiger partial charge in [0.25, 0.3) is 0 Å². The quantitative estimate of drug-likeness (QED) is 0.195. The van der Waals surface area contributed by atoms with Crippen LogP contribution in [0, 0.1) is 19.3 Å². The number of aromatic nitrogens is 3. The van der Waals surface area contributed by atoms with Gasteiger partial charge in [-0.2, -0.15) is 0 Å². The molecule has 46 heavy (non-hydrogen) atoms. The third-order valence-electron chi connectivity index (χ3n) is 9.48. The first-order valence-electron chi connectivity index (χ1n) is 15.6. The number of hydrogen-bond donors (Lipinski definition) is 0. The van der Waals surface area contributed by atoms with Crippen molar-refractivity contribution in [1.29, 1.82) is 0 Å². The van der Waals surface area contributed by atoms with Gasteiger partial charge in [0.2, 0.25) is 5.91 Å². The molecule has 1 unspecified atom stereocenters. The molecule has 9 heteroatoms. The van der Waals surface area contributed by atoms with Gasteiger partial charge >= 0.3 is 6.09 Å². The maximum atomic E-state index is 14.2. The van der Waals surface area contributed by atoms with Crippen molar-refractivity contribution in [3.63, 3.8) is 0 Å². The van der Waals surface area contributed by atoms with Gasteiger partial charge in [-0.1, -0.05) is 72.8 Å². The van der Waals surface area contributed by atoms with Gasteiger partial charge < -0.3 is 14.2 Å². The second-order valence-corrected chi connectivity index (χ2v) is 12.5. The summed E-state index contributed by atoms with van der Waals surface area (Å²) in [6, 6.07) is 17.7. The van der Waals surface area contributed by atoms with Crippen molar-refractivity contribution in [3.8, 4) is 5.75 Å². The highest BCUT2D eigenvalue weighted by Crippen LogP contribution is 2.40. The Morgan fingerprint density at radius 1 is 1.09 bits per heavy atom. The van der Waals surface area contributed by atoms with Crippen molar-refractivity contribution in [2.75, 3.05) is 13.7 Å². The molecule has 9 nitrogen and oxygen atoms in total. The van der Waals surface area contributed by atoms with Crippen LogP contribution >= 0.6 is 0 Å². The smallest absolute Gasteiger partial charge is 0.417 e. The topological polar surface area (TPSA) is 95.8 Å². The van der Waals surface area contributed by atoms with Gasteiger partial charge in [-0.15, -0.1) is 5.10 Å². The van der Waals surface area contributed by atoms with Gasteiger partial charge in [0.1, 0.15) is 17.9 Å². The number of benzene rings is 3. The first kappa shape index (κ1) is 31.2. The van der Waals surface area contributed by atoms with Crippen LogP contribution in [0.25, 0.3) is 11.0 Å². The summed E-state index contributed by atoms with van der Waals surface area (Å²) in [6.07, 6.45) is 8.32. The summed E-state index contributed by atoms with van der Waals surface area (Å²) in [5.41, 5.74) is 7.36. The molecule has 0 saturated carbocycles. The predicted octanol–water partition coefficient (Wildman–Crippen LogP) is 6.70. The molecule has 2 heterocycles. The fourth-order valence-corrected chi connectivity index (χ4v) is 6.54. The molecule has 1 fully saturated rings. The summed E-state index contributed by atoms with van der Waals surface area (Å²) in [5, 5.41) is 8.64. The first-order chi connectivity index (χ1) is 22.2. The Hall–Kier alpha value is -4.76.